The van der Waals surface area contributed by atoms with Crippen LogP contribution in [0.3, 0.4) is 0 Å². The van der Waals surface area contributed by atoms with Gasteiger partial charge in [0.05, 0.1) is 11.7 Å². The average molecular weight is 305 g/mol. The van der Waals surface area contributed by atoms with Crippen LogP contribution in [-0.4, -0.2) is 29.2 Å². The Hall–Kier alpha value is 0.170. The number of esters is 1. The highest BCUT2D eigenvalue weighted by Gasteiger charge is 2.14. The van der Waals surface area contributed by atoms with Gasteiger partial charge in [0.25, 0.3) is 0 Å². The van der Waals surface area contributed by atoms with E-state index in [-0.39, 0.29) is 5.97 Å². The van der Waals surface area contributed by atoms with Gasteiger partial charge in [-0.3, -0.25) is 4.79 Å². The minimum absolute atomic E-state index is 0.0670. The highest BCUT2D eigenvalue weighted by atomic mass is 32.2. The van der Waals surface area contributed by atoms with Crippen molar-refractivity contribution in [1.29, 1.82) is 0 Å². The number of hydrogen-bond acceptors (Lipinski definition) is 4. The van der Waals surface area contributed by atoms with E-state index in [2.05, 4.69) is 28.3 Å². The Morgan fingerprint density at radius 1 is 0.947 bits per heavy atom. The van der Waals surface area contributed by atoms with E-state index in [1.165, 1.54) is 70.0 Å². The number of methoxy groups -OCH3 is 1. The van der Waals surface area contributed by atoms with Crippen molar-refractivity contribution in [2.45, 2.75) is 68.8 Å². The van der Waals surface area contributed by atoms with Crippen LogP contribution in [0.25, 0.3) is 0 Å². The summed E-state index contributed by atoms with van der Waals surface area (Å²) >= 11 is 4.30. The van der Waals surface area contributed by atoms with Gasteiger partial charge in [0.2, 0.25) is 0 Å². The molecule has 1 aliphatic heterocycles. The van der Waals surface area contributed by atoms with Crippen LogP contribution in [0.2, 0.25) is 0 Å². The van der Waals surface area contributed by atoms with Crippen molar-refractivity contribution >= 4 is 29.5 Å². The zero-order valence-corrected chi connectivity index (χ0v) is 13.8. The van der Waals surface area contributed by atoms with Crippen molar-refractivity contribution in [3.8, 4) is 0 Å². The van der Waals surface area contributed by atoms with Crippen molar-refractivity contribution in [1.82, 2.24) is 0 Å². The average Bonchev–Trinajstić information content (AvgIpc) is 2.93. The summed E-state index contributed by atoms with van der Waals surface area (Å²) in [5.74, 6) is 2.66. The van der Waals surface area contributed by atoms with E-state index in [0.29, 0.717) is 6.42 Å². The molecule has 1 fully saturated rings. The molecule has 0 aromatic carbocycles. The molecule has 2 nitrogen and oxygen atoms in total. The van der Waals surface area contributed by atoms with Gasteiger partial charge < -0.3 is 4.74 Å². The van der Waals surface area contributed by atoms with Gasteiger partial charge in [0.1, 0.15) is 0 Å². The Labute approximate surface area is 126 Å². The summed E-state index contributed by atoms with van der Waals surface area (Å²) in [4.78, 5) is 10.9. The molecule has 0 atom stereocenters. The first-order chi connectivity index (χ1) is 9.33. The number of hydrogen-bond donors (Lipinski definition) is 0. The monoisotopic (exact) mass is 304 g/mol. The molecule has 0 aromatic heterocycles. The smallest absolute Gasteiger partial charge is 0.305 e. The predicted molar refractivity (Wildman–Crippen MR) is 86.9 cm³/mol. The first-order valence-corrected chi connectivity index (χ1v) is 9.72. The van der Waals surface area contributed by atoms with Crippen LogP contribution >= 0.6 is 23.5 Å². The molecule has 4 heteroatoms. The molecular weight excluding hydrogens is 276 g/mol. The molecule has 19 heavy (non-hydrogen) atoms. The number of thioether (sulfide) groups is 2. The number of carbonyl (C=O) groups is 1. The maximum atomic E-state index is 10.9. The van der Waals surface area contributed by atoms with Crippen LogP contribution in [0.4, 0.5) is 0 Å². The molecule has 0 unspecified atom stereocenters. The molecule has 1 heterocycles. The first kappa shape index (κ1) is 17.2. The van der Waals surface area contributed by atoms with E-state index in [4.69, 9.17) is 0 Å². The maximum Gasteiger partial charge on any atom is 0.305 e. The molecule has 0 radical (unpaired) electrons. The predicted octanol–water partition coefficient (Wildman–Crippen LogP) is 4.87. The Morgan fingerprint density at radius 3 is 2.05 bits per heavy atom. The third-order valence-electron chi connectivity index (χ3n) is 3.49. The van der Waals surface area contributed by atoms with Gasteiger partial charge in [-0.1, -0.05) is 44.9 Å². The number of rotatable bonds is 11. The largest absolute Gasteiger partial charge is 0.469 e. The van der Waals surface area contributed by atoms with Crippen LogP contribution in [0, 0.1) is 0 Å². The SMILES string of the molecule is COC(=O)CCCCCCCCCCC1SCCS1. The van der Waals surface area contributed by atoms with Crippen LogP contribution in [-0.2, 0) is 9.53 Å². The van der Waals surface area contributed by atoms with Crippen molar-refractivity contribution < 1.29 is 9.53 Å². The van der Waals surface area contributed by atoms with E-state index >= 15 is 0 Å². The highest BCUT2D eigenvalue weighted by Crippen LogP contribution is 2.35. The lowest BCUT2D eigenvalue weighted by molar-refractivity contribution is -0.140. The fourth-order valence-corrected chi connectivity index (χ4v) is 5.24. The normalized spacial score (nSPS) is 15.8. The second-order valence-electron chi connectivity index (χ2n) is 5.11. The Bertz CT molecular complexity index is 228. The van der Waals surface area contributed by atoms with Crippen LogP contribution in [0.15, 0.2) is 0 Å². The number of carbonyl (C=O) groups excluding carboxylic acids is 1. The topological polar surface area (TPSA) is 26.3 Å². The summed E-state index contributed by atoms with van der Waals surface area (Å²) in [6.07, 6.45) is 12.3. The van der Waals surface area contributed by atoms with E-state index in [0.717, 1.165) is 11.0 Å². The lowest BCUT2D eigenvalue weighted by atomic mass is 10.1. The summed E-state index contributed by atoms with van der Waals surface area (Å²) in [5, 5.41) is 0. The third-order valence-corrected chi connectivity index (χ3v) is 6.66. The number of ether oxygens (including phenoxy) is 1. The quantitative estimate of drug-likeness (QED) is 0.402. The van der Waals surface area contributed by atoms with Crippen molar-refractivity contribution in [3.05, 3.63) is 0 Å². The lowest BCUT2D eigenvalue weighted by Gasteiger charge is -2.07. The zero-order valence-electron chi connectivity index (χ0n) is 12.2. The minimum atomic E-state index is -0.0670. The van der Waals surface area contributed by atoms with Crippen molar-refractivity contribution in [3.63, 3.8) is 0 Å². The van der Waals surface area contributed by atoms with Gasteiger partial charge in [-0.05, 0) is 12.8 Å². The van der Waals surface area contributed by atoms with Gasteiger partial charge in [0, 0.05) is 17.9 Å². The summed E-state index contributed by atoms with van der Waals surface area (Å²) in [7, 11) is 1.46. The fourth-order valence-electron chi connectivity index (χ4n) is 2.32. The fraction of sp³-hybridized carbons (Fsp3) is 0.933. The maximum absolute atomic E-state index is 10.9. The molecule has 0 aliphatic carbocycles. The molecule has 0 bridgehead atoms. The molecule has 0 saturated carbocycles. The second-order valence-corrected chi connectivity index (χ2v) is 8.03. The number of unbranched alkanes of at least 4 members (excludes halogenated alkanes) is 7. The molecule has 1 saturated heterocycles. The molecule has 0 amide bonds. The lowest BCUT2D eigenvalue weighted by Crippen LogP contribution is -1.99. The summed E-state index contributed by atoms with van der Waals surface area (Å²) in [6, 6.07) is 0. The van der Waals surface area contributed by atoms with Crippen molar-refractivity contribution in [2.75, 3.05) is 18.6 Å². The van der Waals surface area contributed by atoms with Gasteiger partial charge in [0.15, 0.2) is 0 Å². The van der Waals surface area contributed by atoms with Crippen LogP contribution in [0.5, 0.6) is 0 Å². The molecule has 1 aliphatic rings. The molecule has 1 rings (SSSR count). The summed E-state index contributed by atoms with van der Waals surface area (Å²) < 4.78 is 5.52. The van der Waals surface area contributed by atoms with E-state index in [1.807, 2.05) is 0 Å². The van der Waals surface area contributed by atoms with E-state index < -0.39 is 0 Å². The van der Waals surface area contributed by atoms with Gasteiger partial charge in [-0.2, -0.15) is 0 Å². The minimum Gasteiger partial charge on any atom is -0.469 e. The molecule has 0 spiro atoms. The second kappa shape index (κ2) is 12.0. The summed E-state index contributed by atoms with van der Waals surface area (Å²) in [5.41, 5.74) is 0. The van der Waals surface area contributed by atoms with Gasteiger partial charge >= 0.3 is 5.97 Å². The Balaban J connectivity index is 1.72. The molecule has 0 aromatic rings. The first-order valence-electron chi connectivity index (χ1n) is 7.63. The molecule has 0 N–H and O–H groups in total. The Kier molecular flexibility index (Phi) is 10.8. The zero-order chi connectivity index (χ0) is 13.8. The van der Waals surface area contributed by atoms with Crippen LogP contribution in [0.1, 0.15) is 64.2 Å². The van der Waals surface area contributed by atoms with Crippen molar-refractivity contribution in [2.24, 2.45) is 0 Å². The van der Waals surface area contributed by atoms with Crippen LogP contribution < -0.4 is 0 Å². The third kappa shape index (κ3) is 9.67. The highest BCUT2D eigenvalue weighted by molar-refractivity contribution is 8.20. The van der Waals surface area contributed by atoms with Gasteiger partial charge in [-0.15, -0.1) is 23.5 Å². The molecular formula is C15H28O2S2. The standard InChI is InChI=1S/C15H28O2S2/c1-17-14(16)10-8-6-4-2-3-5-7-9-11-15-18-12-13-19-15/h15H,2-13H2,1H3. The van der Waals surface area contributed by atoms with E-state index in [1.54, 1.807) is 0 Å². The van der Waals surface area contributed by atoms with E-state index in [9.17, 15) is 4.79 Å². The van der Waals surface area contributed by atoms with Gasteiger partial charge in [-0.25, -0.2) is 0 Å². The molecule has 112 valence electrons. The summed E-state index contributed by atoms with van der Waals surface area (Å²) in [6.45, 7) is 0. The Morgan fingerprint density at radius 2 is 1.47 bits per heavy atom.